The van der Waals surface area contributed by atoms with E-state index >= 15 is 0 Å². The summed E-state index contributed by atoms with van der Waals surface area (Å²) in [5.74, 6) is -0.437. The Morgan fingerprint density at radius 1 is 1.14 bits per heavy atom. The first kappa shape index (κ1) is 15.9. The summed E-state index contributed by atoms with van der Waals surface area (Å²) in [5, 5.41) is 0. The van der Waals surface area contributed by atoms with Crippen LogP contribution in [-0.2, 0) is 4.74 Å². The molecular formula is C16H15F2NO3. The number of pyridine rings is 1. The molecule has 1 atom stereocenters. The Morgan fingerprint density at radius 2 is 1.82 bits per heavy atom. The van der Waals surface area contributed by atoms with E-state index in [1.54, 1.807) is 31.2 Å². The van der Waals surface area contributed by atoms with Crippen LogP contribution in [-0.4, -0.2) is 17.6 Å². The van der Waals surface area contributed by atoms with Crippen molar-refractivity contribution in [2.24, 2.45) is 0 Å². The number of hydrogen-bond acceptors (Lipinski definition) is 4. The van der Waals surface area contributed by atoms with Gasteiger partial charge in [0.2, 0.25) is 0 Å². The molecule has 0 aliphatic heterocycles. The third-order valence-corrected chi connectivity index (χ3v) is 3.01. The van der Waals surface area contributed by atoms with Crippen LogP contribution in [0, 0.1) is 6.92 Å². The first-order chi connectivity index (χ1) is 10.5. The van der Waals surface area contributed by atoms with Gasteiger partial charge in [-0.3, -0.25) is 4.98 Å². The number of aromatic nitrogens is 1. The summed E-state index contributed by atoms with van der Waals surface area (Å²) in [6.45, 7) is 0.652. The van der Waals surface area contributed by atoms with Crippen LogP contribution in [0.1, 0.15) is 34.6 Å². The first-order valence-corrected chi connectivity index (χ1v) is 6.64. The van der Waals surface area contributed by atoms with Crippen LogP contribution in [0.25, 0.3) is 0 Å². The highest BCUT2D eigenvalue weighted by atomic mass is 19.3. The van der Waals surface area contributed by atoms with Gasteiger partial charge in [-0.2, -0.15) is 8.78 Å². The maximum absolute atomic E-state index is 12.1. The first-order valence-electron chi connectivity index (χ1n) is 6.64. The number of aryl methyl sites for hydroxylation is 1. The number of carbonyl (C=O) groups is 1. The van der Waals surface area contributed by atoms with Crippen LogP contribution in [0.5, 0.6) is 5.75 Å². The molecule has 6 heteroatoms. The van der Waals surface area contributed by atoms with Gasteiger partial charge in [0.25, 0.3) is 0 Å². The molecule has 22 heavy (non-hydrogen) atoms. The van der Waals surface area contributed by atoms with Crippen molar-refractivity contribution in [2.75, 3.05) is 0 Å². The van der Waals surface area contributed by atoms with E-state index in [1.165, 1.54) is 18.3 Å². The number of alkyl halides is 2. The number of rotatable bonds is 5. The predicted octanol–water partition coefficient (Wildman–Crippen LogP) is 3.91. The quantitative estimate of drug-likeness (QED) is 0.786. The van der Waals surface area contributed by atoms with Crippen molar-refractivity contribution in [3.8, 4) is 5.75 Å². The smallest absolute Gasteiger partial charge is 0.387 e. The number of benzene rings is 1. The van der Waals surface area contributed by atoms with Crippen LogP contribution in [0.15, 0.2) is 42.6 Å². The lowest BCUT2D eigenvalue weighted by atomic mass is 10.1. The third kappa shape index (κ3) is 4.25. The molecule has 2 aromatic rings. The molecule has 0 N–H and O–H groups in total. The zero-order valence-corrected chi connectivity index (χ0v) is 12.1. The summed E-state index contributed by atoms with van der Waals surface area (Å²) in [6, 6.07) is 9.30. The van der Waals surface area contributed by atoms with Crippen molar-refractivity contribution < 1.29 is 23.0 Å². The molecule has 0 bridgehead atoms. The molecule has 1 unspecified atom stereocenters. The number of carbonyl (C=O) groups excluding carboxylic acids is 1. The second-order valence-corrected chi connectivity index (χ2v) is 4.68. The zero-order chi connectivity index (χ0) is 16.1. The fourth-order valence-electron chi connectivity index (χ4n) is 1.81. The minimum absolute atomic E-state index is 0.0556. The number of nitrogens with zero attached hydrogens (tertiary/aromatic N) is 1. The van der Waals surface area contributed by atoms with E-state index < -0.39 is 18.7 Å². The highest BCUT2D eigenvalue weighted by molar-refractivity contribution is 5.89. The van der Waals surface area contributed by atoms with Crippen molar-refractivity contribution in [3.63, 3.8) is 0 Å². The Hall–Kier alpha value is -2.50. The van der Waals surface area contributed by atoms with Crippen molar-refractivity contribution >= 4 is 5.97 Å². The fraction of sp³-hybridized carbons (Fsp3) is 0.250. The molecule has 0 amide bonds. The van der Waals surface area contributed by atoms with Gasteiger partial charge in [0.05, 0.1) is 5.56 Å². The van der Waals surface area contributed by atoms with Gasteiger partial charge in [0, 0.05) is 11.9 Å². The van der Waals surface area contributed by atoms with Crippen molar-refractivity contribution in [1.29, 1.82) is 0 Å². The molecule has 1 aromatic heterocycles. The Morgan fingerprint density at radius 3 is 2.36 bits per heavy atom. The Kier molecular flexibility index (Phi) is 5.04. The summed E-state index contributed by atoms with van der Waals surface area (Å²) < 4.78 is 33.7. The molecule has 0 radical (unpaired) electrons. The molecule has 1 aromatic carbocycles. The molecule has 0 aliphatic carbocycles. The van der Waals surface area contributed by atoms with E-state index in [0.29, 0.717) is 11.1 Å². The van der Waals surface area contributed by atoms with Gasteiger partial charge in [0.1, 0.15) is 11.9 Å². The molecule has 1 heterocycles. The number of halogens is 2. The Balaban J connectivity index is 2.00. The van der Waals surface area contributed by atoms with Gasteiger partial charge in [-0.1, -0.05) is 12.1 Å². The SMILES string of the molecule is Cc1ccc(C(=O)OC(C)c2ccc(OC(F)F)cc2)cn1. The molecule has 0 saturated carbocycles. The average molecular weight is 307 g/mol. The molecule has 116 valence electrons. The second-order valence-electron chi connectivity index (χ2n) is 4.68. The molecule has 2 rings (SSSR count). The highest BCUT2D eigenvalue weighted by Gasteiger charge is 2.14. The van der Waals surface area contributed by atoms with Crippen molar-refractivity contribution in [3.05, 3.63) is 59.4 Å². The summed E-state index contributed by atoms with van der Waals surface area (Å²) in [6.07, 6.45) is 0.929. The van der Waals surface area contributed by atoms with E-state index in [9.17, 15) is 13.6 Å². The normalized spacial score (nSPS) is 12.0. The zero-order valence-electron chi connectivity index (χ0n) is 12.1. The standard InChI is InChI=1S/C16H15F2NO3/c1-10-3-4-13(9-19-10)15(20)21-11(2)12-5-7-14(8-6-12)22-16(17)18/h3-9,11,16H,1-2H3. The fourth-order valence-corrected chi connectivity index (χ4v) is 1.81. The van der Waals surface area contributed by atoms with E-state index in [1.807, 2.05) is 6.92 Å². The van der Waals surface area contributed by atoms with Gasteiger partial charge in [-0.15, -0.1) is 0 Å². The van der Waals surface area contributed by atoms with E-state index in [-0.39, 0.29) is 5.75 Å². The Labute approximate surface area is 126 Å². The van der Waals surface area contributed by atoms with Crippen molar-refractivity contribution in [2.45, 2.75) is 26.6 Å². The monoisotopic (exact) mass is 307 g/mol. The number of hydrogen-bond donors (Lipinski definition) is 0. The van der Waals surface area contributed by atoms with Crippen LogP contribution < -0.4 is 4.74 Å². The van der Waals surface area contributed by atoms with Crippen LogP contribution in [0.2, 0.25) is 0 Å². The Bertz CT molecular complexity index is 627. The van der Waals surface area contributed by atoms with Gasteiger partial charge < -0.3 is 9.47 Å². The topological polar surface area (TPSA) is 48.4 Å². The van der Waals surface area contributed by atoms with E-state index in [2.05, 4.69) is 9.72 Å². The largest absolute Gasteiger partial charge is 0.454 e. The van der Waals surface area contributed by atoms with Crippen molar-refractivity contribution in [1.82, 2.24) is 4.98 Å². The summed E-state index contributed by atoms with van der Waals surface area (Å²) in [5.41, 5.74) is 1.84. The van der Waals surface area contributed by atoms with E-state index in [0.717, 1.165) is 5.69 Å². The highest BCUT2D eigenvalue weighted by Crippen LogP contribution is 2.22. The molecule has 4 nitrogen and oxygen atoms in total. The van der Waals surface area contributed by atoms with Gasteiger partial charge in [0.15, 0.2) is 0 Å². The third-order valence-electron chi connectivity index (χ3n) is 3.01. The molecule has 0 spiro atoms. The van der Waals surface area contributed by atoms with Gasteiger partial charge in [-0.25, -0.2) is 4.79 Å². The van der Waals surface area contributed by atoms with Gasteiger partial charge in [-0.05, 0) is 43.7 Å². The van der Waals surface area contributed by atoms with Gasteiger partial charge >= 0.3 is 12.6 Å². The van der Waals surface area contributed by atoms with Crippen LogP contribution in [0.3, 0.4) is 0 Å². The number of ether oxygens (including phenoxy) is 2. The van der Waals surface area contributed by atoms with Crippen LogP contribution >= 0.6 is 0 Å². The molecular weight excluding hydrogens is 292 g/mol. The summed E-state index contributed by atoms with van der Waals surface area (Å²) >= 11 is 0. The summed E-state index contributed by atoms with van der Waals surface area (Å²) in [4.78, 5) is 16.0. The minimum atomic E-state index is -2.87. The second kappa shape index (κ2) is 6.98. The molecule has 0 fully saturated rings. The maximum atomic E-state index is 12.1. The minimum Gasteiger partial charge on any atom is -0.454 e. The molecule has 0 aliphatic rings. The summed E-state index contributed by atoms with van der Waals surface area (Å²) in [7, 11) is 0. The lowest BCUT2D eigenvalue weighted by molar-refractivity contribution is -0.0498. The number of esters is 1. The van der Waals surface area contributed by atoms with Crippen LogP contribution in [0.4, 0.5) is 8.78 Å². The lowest BCUT2D eigenvalue weighted by Crippen LogP contribution is -2.10. The lowest BCUT2D eigenvalue weighted by Gasteiger charge is -2.14. The maximum Gasteiger partial charge on any atom is 0.387 e. The predicted molar refractivity (Wildman–Crippen MR) is 75.9 cm³/mol. The molecule has 0 saturated heterocycles. The van der Waals surface area contributed by atoms with E-state index in [4.69, 9.17) is 4.74 Å². The average Bonchev–Trinajstić information content (AvgIpc) is 2.48.